The Morgan fingerprint density at radius 3 is 2.67 bits per heavy atom. The normalized spacial score (nSPS) is 12.9. The molecule has 0 fully saturated rings. The third-order valence-corrected chi connectivity index (χ3v) is 2.69. The number of carbonyl (C=O) groups excluding carboxylic acids is 1. The number of alkyl halides is 3. The van der Waals surface area contributed by atoms with Crippen LogP contribution in [-0.2, 0) is 15.7 Å². The minimum atomic E-state index is -4.51. The number of rotatable bonds is 6. The average Bonchev–Trinajstić information content (AvgIpc) is 2.35. The Labute approximate surface area is 124 Å². The lowest BCUT2D eigenvalue weighted by Crippen LogP contribution is -2.24. The molecule has 8 heteroatoms. The van der Waals surface area contributed by atoms with Gasteiger partial charge in [-0.25, -0.2) is 0 Å². The molecule has 2 N–H and O–H groups in total. The number of nitrogens with one attached hydrogen (secondary N) is 1. The van der Waals surface area contributed by atoms with E-state index in [-0.39, 0.29) is 30.3 Å². The van der Waals surface area contributed by atoms with E-state index in [1.807, 2.05) is 0 Å². The molecule has 0 aliphatic rings. The maximum atomic E-state index is 12.6. The summed E-state index contributed by atoms with van der Waals surface area (Å²) in [6, 6.07) is 2.98. The molecule has 1 rings (SSSR count). The molecule has 0 aliphatic carbocycles. The van der Waals surface area contributed by atoms with E-state index in [4.69, 9.17) is 11.6 Å². The summed E-state index contributed by atoms with van der Waals surface area (Å²) >= 11 is 5.62. The van der Waals surface area contributed by atoms with Crippen molar-refractivity contribution in [1.29, 1.82) is 0 Å². The third-order valence-electron chi connectivity index (χ3n) is 2.47. The maximum Gasteiger partial charge on any atom is 0.416 e. The van der Waals surface area contributed by atoms with Gasteiger partial charge in [-0.1, -0.05) is 11.6 Å². The van der Waals surface area contributed by atoms with Crippen molar-refractivity contribution in [3.8, 4) is 0 Å². The molecule has 0 aromatic heterocycles. The fourth-order valence-corrected chi connectivity index (χ4v) is 1.81. The quantitative estimate of drug-likeness (QED) is 0.789. The van der Waals surface area contributed by atoms with Gasteiger partial charge in [-0.15, -0.1) is 0 Å². The summed E-state index contributed by atoms with van der Waals surface area (Å²) in [5.41, 5.74) is -0.782. The van der Waals surface area contributed by atoms with Crippen LogP contribution in [0.5, 0.6) is 0 Å². The number of esters is 1. The van der Waals surface area contributed by atoms with Crippen LogP contribution in [0, 0.1) is 0 Å². The smallest absolute Gasteiger partial charge is 0.416 e. The van der Waals surface area contributed by atoms with E-state index in [9.17, 15) is 23.1 Å². The zero-order valence-electron chi connectivity index (χ0n) is 11.2. The number of benzene rings is 1. The number of carbonyl (C=O) groups is 1. The van der Waals surface area contributed by atoms with Crippen LogP contribution in [0.3, 0.4) is 0 Å². The lowest BCUT2D eigenvalue weighted by Gasteiger charge is -2.14. The van der Waals surface area contributed by atoms with Gasteiger partial charge in [-0.05, 0) is 25.1 Å². The van der Waals surface area contributed by atoms with Crippen molar-refractivity contribution in [2.24, 2.45) is 0 Å². The molecule has 21 heavy (non-hydrogen) atoms. The van der Waals surface area contributed by atoms with Gasteiger partial charge in [0.2, 0.25) is 0 Å². The standard InChI is InChI=1S/C13H15ClF3NO3/c1-2-21-12(20)6-11(19)7-18-10-4-8(13(15,16)17)3-9(14)5-10/h3-5,11,18-19H,2,6-7H2,1H3. The van der Waals surface area contributed by atoms with Gasteiger partial charge in [-0.3, -0.25) is 4.79 Å². The summed E-state index contributed by atoms with van der Waals surface area (Å²) in [5, 5.41) is 12.1. The molecule has 1 unspecified atom stereocenters. The van der Waals surface area contributed by atoms with Crippen molar-refractivity contribution < 1.29 is 27.8 Å². The van der Waals surface area contributed by atoms with E-state index in [0.717, 1.165) is 12.1 Å². The Balaban J connectivity index is 2.63. The monoisotopic (exact) mass is 325 g/mol. The highest BCUT2D eigenvalue weighted by molar-refractivity contribution is 6.30. The van der Waals surface area contributed by atoms with Gasteiger partial charge in [0.05, 0.1) is 24.7 Å². The first-order chi connectivity index (χ1) is 9.72. The van der Waals surface area contributed by atoms with E-state index in [0.29, 0.717) is 0 Å². The molecule has 1 aromatic rings. The largest absolute Gasteiger partial charge is 0.466 e. The second-order valence-corrected chi connectivity index (χ2v) is 4.71. The lowest BCUT2D eigenvalue weighted by atomic mass is 10.2. The molecule has 0 bridgehead atoms. The number of ether oxygens (including phenoxy) is 1. The van der Waals surface area contributed by atoms with Crippen LogP contribution in [0.1, 0.15) is 18.9 Å². The lowest BCUT2D eigenvalue weighted by molar-refractivity contribution is -0.145. The Morgan fingerprint density at radius 1 is 1.43 bits per heavy atom. The molecule has 118 valence electrons. The summed E-state index contributed by atoms with van der Waals surface area (Å²) in [6.07, 6.45) is -5.82. The molecule has 0 heterocycles. The van der Waals surface area contributed by atoms with Gasteiger partial charge in [0, 0.05) is 17.3 Å². The fourth-order valence-electron chi connectivity index (χ4n) is 1.58. The van der Waals surface area contributed by atoms with Gasteiger partial charge in [0.25, 0.3) is 0 Å². The summed E-state index contributed by atoms with van der Waals surface area (Å²) < 4.78 is 42.5. The van der Waals surface area contributed by atoms with E-state index in [1.165, 1.54) is 6.07 Å². The summed E-state index contributed by atoms with van der Waals surface area (Å²) in [5.74, 6) is -0.575. The highest BCUT2D eigenvalue weighted by Gasteiger charge is 2.31. The van der Waals surface area contributed by atoms with Crippen molar-refractivity contribution in [3.63, 3.8) is 0 Å². The van der Waals surface area contributed by atoms with Crippen LogP contribution in [-0.4, -0.2) is 30.3 Å². The Morgan fingerprint density at radius 2 is 2.10 bits per heavy atom. The SMILES string of the molecule is CCOC(=O)CC(O)CNc1cc(Cl)cc(C(F)(F)F)c1. The number of anilines is 1. The highest BCUT2D eigenvalue weighted by atomic mass is 35.5. The Bertz CT molecular complexity index is 494. The van der Waals surface area contributed by atoms with Gasteiger partial charge in [-0.2, -0.15) is 13.2 Å². The molecular formula is C13H15ClF3NO3. The fraction of sp³-hybridized carbons (Fsp3) is 0.462. The zero-order chi connectivity index (χ0) is 16.0. The highest BCUT2D eigenvalue weighted by Crippen LogP contribution is 2.33. The van der Waals surface area contributed by atoms with Crippen molar-refractivity contribution >= 4 is 23.3 Å². The van der Waals surface area contributed by atoms with Crippen LogP contribution in [0.15, 0.2) is 18.2 Å². The van der Waals surface area contributed by atoms with Crippen molar-refractivity contribution in [1.82, 2.24) is 0 Å². The van der Waals surface area contributed by atoms with Crippen LogP contribution in [0.25, 0.3) is 0 Å². The topological polar surface area (TPSA) is 58.6 Å². The van der Waals surface area contributed by atoms with Crippen LogP contribution in [0.2, 0.25) is 5.02 Å². The third kappa shape index (κ3) is 6.22. The number of aliphatic hydroxyl groups excluding tert-OH is 1. The number of hydrogen-bond donors (Lipinski definition) is 2. The molecule has 0 aliphatic heterocycles. The maximum absolute atomic E-state index is 12.6. The zero-order valence-corrected chi connectivity index (χ0v) is 12.0. The molecule has 1 atom stereocenters. The van der Waals surface area contributed by atoms with Gasteiger partial charge >= 0.3 is 12.1 Å². The molecule has 0 spiro atoms. The average molecular weight is 326 g/mol. The second kappa shape index (κ2) is 7.51. The van der Waals surface area contributed by atoms with Crippen molar-refractivity contribution in [3.05, 3.63) is 28.8 Å². The van der Waals surface area contributed by atoms with Gasteiger partial charge in [0.1, 0.15) is 0 Å². The first-order valence-electron chi connectivity index (χ1n) is 6.17. The molecule has 1 aromatic carbocycles. The predicted octanol–water partition coefficient (Wildman–Crippen LogP) is 3.08. The minimum Gasteiger partial charge on any atom is -0.466 e. The summed E-state index contributed by atoms with van der Waals surface area (Å²) in [6.45, 7) is 1.73. The molecule has 0 radical (unpaired) electrons. The molecule has 0 amide bonds. The first kappa shape index (κ1) is 17.6. The van der Waals surface area contributed by atoms with Gasteiger partial charge < -0.3 is 15.2 Å². The van der Waals surface area contributed by atoms with E-state index >= 15 is 0 Å². The minimum absolute atomic E-state index is 0.0767. The number of hydrogen-bond acceptors (Lipinski definition) is 4. The van der Waals surface area contributed by atoms with E-state index in [1.54, 1.807) is 6.92 Å². The molecule has 0 saturated heterocycles. The predicted molar refractivity (Wildman–Crippen MR) is 72.2 cm³/mol. The summed E-state index contributed by atoms with van der Waals surface area (Å²) in [7, 11) is 0. The number of halogens is 4. The van der Waals surface area contributed by atoms with Gasteiger partial charge in [0.15, 0.2) is 0 Å². The second-order valence-electron chi connectivity index (χ2n) is 4.27. The van der Waals surface area contributed by atoms with E-state index < -0.39 is 23.8 Å². The van der Waals surface area contributed by atoms with Crippen molar-refractivity contribution in [2.45, 2.75) is 25.6 Å². The molecule has 0 saturated carbocycles. The number of aliphatic hydroxyl groups is 1. The van der Waals surface area contributed by atoms with Crippen LogP contribution < -0.4 is 5.32 Å². The van der Waals surface area contributed by atoms with Crippen LogP contribution >= 0.6 is 11.6 Å². The Hall–Kier alpha value is -1.47. The molecular weight excluding hydrogens is 311 g/mol. The van der Waals surface area contributed by atoms with E-state index in [2.05, 4.69) is 10.1 Å². The van der Waals surface area contributed by atoms with Crippen LogP contribution in [0.4, 0.5) is 18.9 Å². The Kier molecular flexibility index (Phi) is 6.29. The van der Waals surface area contributed by atoms with Crippen molar-refractivity contribution in [2.75, 3.05) is 18.5 Å². The molecule has 4 nitrogen and oxygen atoms in total. The summed E-state index contributed by atoms with van der Waals surface area (Å²) in [4.78, 5) is 11.1. The first-order valence-corrected chi connectivity index (χ1v) is 6.55.